The molecule has 1 saturated heterocycles. The molecule has 0 amide bonds. The minimum atomic E-state index is -0.797. The number of likely N-dealkylation sites (tertiary alicyclic amines) is 1. The van der Waals surface area contributed by atoms with Gasteiger partial charge in [0.05, 0.1) is 0 Å². The van der Waals surface area contributed by atoms with E-state index >= 15 is 0 Å². The standard InChI is InChI=1S/C13H20BNO2/c1-12-6-5-9-15(12)10-11-17-14(16)13-7-3-2-4-8-13/h2-4,7-8,12,16H,5-6,9-11H2,1H3/t12-/m1/s1. The fourth-order valence-corrected chi connectivity index (χ4v) is 2.32. The third-order valence-electron chi connectivity index (χ3n) is 3.43. The first-order chi connectivity index (χ1) is 8.27. The first-order valence-corrected chi connectivity index (χ1v) is 6.36. The minimum absolute atomic E-state index is 0.584. The highest BCUT2D eigenvalue weighted by molar-refractivity contribution is 6.59. The maximum absolute atomic E-state index is 9.82. The van der Waals surface area contributed by atoms with Gasteiger partial charge in [0.2, 0.25) is 0 Å². The quantitative estimate of drug-likeness (QED) is 0.766. The maximum Gasteiger partial charge on any atom is 0.491 e. The second kappa shape index (κ2) is 6.19. The molecule has 4 heteroatoms. The van der Waals surface area contributed by atoms with E-state index in [9.17, 15) is 5.02 Å². The fraction of sp³-hybridized carbons (Fsp3) is 0.538. The molecule has 1 heterocycles. The molecular weight excluding hydrogens is 213 g/mol. The van der Waals surface area contributed by atoms with Gasteiger partial charge >= 0.3 is 7.12 Å². The molecule has 3 nitrogen and oxygen atoms in total. The first kappa shape index (κ1) is 12.6. The van der Waals surface area contributed by atoms with E-state index in [1.807, 2.05) is 30.3 Å². The summed E-state index contributed by atoms with van der Waals surface area (Å²) in [5.74, 6) is 0. The largest absolute Gasteiger partial charge is 0.491 e. The van der Waals surface area contributed by atoms with Gasteiger partial charge in [-0.1, -0.05) is 30.3 Å². The number of rotatable bonds is 5. The van der Waals surface area contributed by atoms with Crippen LogP contribution in [0.1, 0.15) is 19.8 Å². The van der Waals surface area contributed by atoms with Gasteiger partial charge in [-0.25, -0.2) is 0 Å². The highest BCUT2D eigenvalue weighted by Crippen LogP contribution is 2.15. The van der Waals surface area contributed by atoms with Gasteiger partial charge in [0.25, 0.3) is 0 Å². The molecule has 1 aromatic carbocycles. The molecule has 1 aromatic rings. The number of hydrogen-bond donors (Lipinski definition) is 1. The topological polar surface area (TPSA) is 32.7 Å². The molecule has 0 unspecified atom stereocenters. The Hall–Kier alpha value is -0.835. The van der Waals surface area contributed by atoms with Crippen molar-refractivity contribution in [1.29, 1.82) is 0 Å². The Kier molecular flexibility index (Phi) is 4.60. The summed E-state index contributed by atoms with van der Waals surface area (Å²) in [5.41, 5.74) is 0.821. The maximum atomic E-state index is 9.82. The SMILES string of the molecule is C[C@@H]1CCCN1CCOB(O)c1ccccc1. The second-order valence-electron chi connectivity index (χ2n) is 4.66. The molecule has 1 aliphatic rings. The molecule has 1 aliphatic heterocycles. The van der Waals surface area contributed by atoms with Crippen LogP contribution in [0.25, 0.3) is 0 Å². The lowest BCUT2D eigenvalue weighted by Gasteiger charge is -2.21. The van der Waals surface area contributed by atoms with E-state index < -0.39 is 7.12 Å². The van der Waals surface area contributed by atoms with Crippen LogP contribution in [-0.4, -0.2) is 42.8 Å². The summed E-state index contributed by atoms with van der Waals surface area (Å²) in [6.07, 6.45) is 2.56. The van der Waals surface area contributed by atoms with E-state index in [0.29, 0.717) is 12.6 Å². The van der Waals surface area contributed by atoms with E-state index in [1.54, 1.807) is 0 Å². The van der Waals surface area contributed by atoms with Gasteiger partial charge in [-0.2, -0.15) is 0 Å². The lowest BCUT2D eigenvalue weighted by atomic mass is 9.80. The zero-order valence-electron chi connectivity index (χ0n) is 10.4. The Morgan fingerprint density at radius 2 is 2.18 bits per heavy atom. The molecule has 92 valence electrons. The molecule has 0 saturated carbocycles. The van der Waals surface area contributed by atoms with Crippen LogP contribution >= 0.6 is 0 Å². The van der Waals surface area contributed by atoms with Gasteiger partial charge < -0.3 is 9.68 Å². The van der Waals surface area contributed by atoms with Crippen LogP contribution in [-0.2, 0) is 4.65 Å². The van der Waals surface area contributed by atoms with Gasteiger partial charge in [0, 0.05) is 19.2 Å². The monoisotopic (exact) mass is 233 g/mol. The lowest BCUT2D eigenvalue weighted by molar-refractivity contribution is 0.189. The number of nitrogens with zero attached hydrogens (tertiary/aromatic N) is 1. The molecule has 1 fully saturated rings. The van der Waals surface area contributed by atoms with E-state index in [-0.39, 0.29) is 0 Å². The summed E-state index contributed by atoms with van der Waals surface area (Å²) in [6.45, 7) is 4.90. The highest BCUT2D eigenvalue weighted by atomic mass is 16.5. The number of hydrogen-bond acceptors (Lipinski definition) is 3. The predicted molar refractivity (Wildman–Crippen MR) is 70.3 cm³/mol. The summed E-state index contributed by atoms with van der Waals surface area (Å²) < 4.78 is 5.45. The van der Waals surface area contributed by atoms with Gasteiger partial charge in [0.15, 0.2) is 0 Å². The van der Waals surface area contributed by atoms with Crippen molar-refractivity contribution in [3.05, 3.63) is 30.3 Å². The van der Waals surface area contributed by atoms with Crippen molar-refractivity contribution in [3.63, 3.8) is 0 Å². The van der Waals surface area contributed by atoms with Crippen LogP contribution in [0.3, 0.4) is 0 Å². The molecule has 17 heavy (non-hydrogen) atoms. The van der Waals surface area contributed by atoms with Crippen LogP contribution in [0.4, 0.5) is 0 Å². The summed E-state index contributed by atoms with van der Waals surface area (Å²) in [7, 11) is -0.797. The third kappa shape index (κ3) is 3.56. The van der Waals surface area contributed by atoms with Crippen molar-refractivity contribution in [2.45, 2.75) is 25.8 Å². The molecule has 1 atom stereocenters. The molecular formula is C13H20BNO2. The van der Waals surface area contributed by atoms with E-state index in [0.717, 1.165) is 18.6 Å². The van der Waals surface area contributed by atoms with Crippen LogP contribution in [0, 0.1) is 0 Å². The van der Waals surface area contributed by atoms with E-state index in [4.69, 9.17) is 4.65 Å². The average Bonchev–Trinajstić information content (AvgIpc) is 2.76. The van der Waals surface area contributed by atoms with Crippen LogP contribution in [0.15, 0.2) is 30.3 Å². The molecule has 1 N–H and O–H groups in total. The van der Waals surface area contributed by atoms with Gasteiger partial charge in [-0.3, -0.25) is 4.90 Å². The Bertz CT molecular complexity index is 333. The third-order valence-corrected chi connectivity index (χ3v) is 3.43. The Morgan fingerprint density at radius 1 is 1.41 bits per heavy atom. The number of benzene rings is 1. The summed E-state index contributed by atoms with van der Waals surface area (Å²) in [4.78, 5) is 2.41. The Morgan fingerprint density at radius 3 is 2.82 bits per heavy atom. The zero-order valence-corrected chi connectivity index (χ0v) is 10.4. The highest BCUT2D eigenvalue weighted by Gasteiger charge is 2.21. The van der Waals surface area contributed by atoms with Crippen molar-refractivity contribution in [1.82, 2.24) is 4.90 Å². The molecule has 0 radical (unpaired) electrons. The fourth-order valence-electron chi connectivity index (χ4n) is 2.32. The Balaban J connectivity index is 1.71. The van der Waals surface area contributed by atoms with Gasteiger partial charge in [-0.15, -0.1) is 0 Å². The molecule has 0 bridgehead atoms. The van der Waals surface area contributed by atoms with E-state index in [1.165, 1.54) is 12.8 Å². The minimum Gasteiger partial charge on any atom is -0.423 e. The average molecular weight is 233 g/mol. The zero-order chi connectivity index (χ0) is 12.1. The van der Waals surface area contributed by atoms with E-state index in [2.05, 4.69) is 11.8 Å². The van der Waals surface area contributed by atoms with Crippen molar-refractivity contribution in [3.8, 4) is 0 Å². The van der Waals surface area contributed by atoms with Crippen molar-refractivity contribution in [2.75, 3.05) is 19.7 Å². The van der Waals surface area contributed by atoms with Crippen LogP contribution in [0.5, 0.6) is 0 Å². The molecule has 0 aromatic heterocycles. The lowest BCUT2D eigenvalue weighted by Crippen LogP contribution is -2.37. The van der Waals surface area contributed by atoms with Crippen molar-refractivity contribution >= 4 is 12.6 Å². The van der Waals surface area contributed by atoms with Crippen LogP contribution in [0.2, 0.25) is 0 Å². The molecule has 2 rings (SSSR count). The summed E-state index contributed by atoms with van der Waals surface area (Å²) in [6, 6.07) is 10.2. The second-order valence-corrected chi connectivity index (χ2v) is 4.66. The van der Waals surface area contributed by atoms with Crippen molar-refractivity contribution < 1.29 is 9.68 Å². The molecule has 0 spiro atoms. The first-order valence-electron chi connectivity index (χ1n) is 6.36. The van der Waals surface area contributed by atoms with Gasteiger partial charge in [-0.05, 0) is 31.8 Å². The van der Waals surface area contributed by atoms with Crippen LogP contribution < -0.4 is 5.46 Å². The smallest absolute Gasteiger partial charge is 0.423 e. The molecule has 0 aliphatic carbocycles. The predicted octanol–water partition coefficient (Wildman–Crippen LogP) is 0.875. The Labute approximate surface area is 104 Å². The normalized spacial score (nSPS) is 20.7. The summed E-state index contributed by atoms with van der Waals surface area (Å²) in [5, 5.41) is 9.82. The summed E-state index contributed by atoms with van der Waals surface area (Å²) >= 11 is 0. The van der Waals surface area contributed by atoms with Crippen molar-refractivity contribution in [2.24, 2.45) is 0 Å². The van der Waals surface area contributed by atoms with Gasteiger partial charge in [0.1, 0.15) is 0 Å².